The third-order valence-corrected chi connectivity index (χ3v) is 6.35. The van der Waals surface area contributed by atoms with Crippen LogP contribution in [0.15, 0.2) is 83.5 Å². The van der Waals surface area contributed by atoms with Crippen LogP contribution < -0.4 is 5.32 Å². The van der Waals surface area contributed by atoms with Crippen LogP contribution >= 0.6 is 15.9 Å². The van der Waals surface area contributed by atoms with Gasteiger partial charge in [-0.1, -0.05) is 65.3 Å². The number of fused-ring (bicyclic) bond motifs is 1. The maximum absolute atomic E-state index is 13.1. The number of halogens is 1. The van der Waals surface area contributed by atoms with Crippen molar-refractivity contribution in [2.75, 3.05) is 6.61 Å². The molecule has 4 aromatic rings. The van der Waals surface area contributed by atoms with Crippen LogP contribution in [0.3, 0.4) is 0 Å². The van der Waals surface area contributed by atoms with Crippen LogP contribution in [0.4, 0.5) is 0 Å². The van der Waals surface area contributed by atoms with Crippen molar-refractivity contribution in [2.45, 2.75) is 25.8 Å². The van der Waals surface area contributed by atoms with Crippen molar-refractivity contribution in [3.63, 3.8) is 0 Å². The first-order chi connectivity index (χ1) is 16.9. The topological polar surface area (TPSA) is 88.3 Å². The van der Waals surface area contributed by atoms with Crippen LogP contribution in [0.1, 0.15) is 38.8 Å². The van der Waals surface area contributed by atoms with Gasteiger partial charge in [0.1, 0.15) is 6.04 Å². The molecule has 7 heteroatoms. The minimum absolute atomic E-state index is 0.216. The molecule has 0 unspecified atom stereocenters. The summed E-state index contributed by atoms with van der Waals surface area (Å²) in [6.07, 6.45) is 2.90. The Morgan fingerprint density at radius 1 is 0.943 bits per heavy atom. The molecule has 4 rings (SSSR count). The van der Waals surface area contributed by atoms with E-state index in [0.29, 0.717) is 11.1 Å². The Balaban J connectivity index is 1.51. The highest BCUT2D eigenvalue weighted by atomic mass is 79.9. The smallest absolute Gasteiger partial charge is 0.329 e. The lowest BCUT2D eigenvalue weighted by atomic mass is 10.0. The van der Waals surface area contributed by atoms with E-state index in [4.69, 9.17) is 4.74 Å². The van der Waals surface area contributed by atoms with Crippen LogP contribution in [0.2, 0.25) is 0 Å². The number of benzene rings is 3. The molecule has 0 aliphatic heterocycles. The van der Waals surface area contributed by atoms with Gasteiger partial charge in [0.25, 0.3) is 5.91 Å². The van der Waals surface area contributed by atoms with Crippen molar-refractivity contribution < 1.29 is 19.1 Å². The monoisotopic (exact) mass is 532 g/mol. The van der Waals surface area contributed by atoms with Crippen LogP contribution in [0, 0.1) is 0 Å². The Hall–Kier alpha value is -3.71. The Bertz CT molecular complexity index is 1340. The zero-order valence-electron chi connectivity index (χ0n) is 19.2. The van der Waals surface area contributed by atoms with Gasteiger partial charge in [-0.15, -0.1) is 0 Å². The highest BCUT2D eigenvalue weighted by molar-refractivity contribution is 9.10. The Morgan fingerprint density at radius 3 is 2.34 bits per heavy atom. The number of carbonyl (C=O) groups is 3. The fraction of sp³-hybridized carbons (Fsp3) is 0.179. The summed E-state index contributed by atoms with van der Waals surface area (Å²) >= 11 is 3.33. The van der Waals surface area contributed by atoms with Crippen LogP contribution in [0.25, 0.3) is 10.9 Å². The number of carbonyl (C=O) groups excluding carboxylic acids is 3. The van der Waals surface area contributed by atoms with E-state index >= 15 is 0 Å². The number of esters is 1. The number of H-pyrrole nitrogens is 1. The average molecular weight is 533 g/mol. The summed E-state index contributed by atoms with van der Waals surface area (Å²) in [7, 11) is 0. The van der Waals surface area contributed by atoms with Gasteiger partial charge in [0, 0.05) is 39.1 Å². The number of para-hydroxylation sites is 1. The van der Waals surface area contributed by atoms with Crippen molar-refractivity contribution in [1.29, 1.82) is 0 Å². The van der Waals surface area contributed by atoms with Crippen molar-refractivity contribution in [3.05, 3.63) is 106 Å². The third-order valence-electron chi connectivity index (χ3n) is 5.82. The van der Waals surface area contributed by atoms with E-state index in [1.165, 1.54) is 0 Å². The molecule has 0 bridgehead atoms. The molecule has 0 aliphatic carbocycles. The summed E-state index contributed by atoms with van der Waals surface area (Å²) in [6, 6.07) is 20.8. The number of hydrogen-bond donors (Lipinski definition) is 2. The first kappa shape index (κ1) is 24.4. The third kappa shape index (κ3) is 6.05. The van der Waals surface area contributed by atoms with Gasteiger partial charge in [-0.2, -0.15) is 0 Å². The second-order valence-corrected chi connectivity index (χ2v) is 9.09. The number of rotatable bonds is 9. The number of ether oxygens (including phenoxy) is 1. The largest absolute Gasteiger partial charge is 0.456 e. The van der Waals surface area contributed by atoms with Crippen LogP contribution in [-0.4, -0.2) is 35.3 Å². The molecule has 1 amide bonds. The van der Waals surface area contributed by atoms with E-state index in [2.05, 4.69) is 26.2 Å². The van der Waals surface area contributed by atoms with Gasteiger partial charge < -0.3 is 15.0 Å². The molecule has 6 nitrogen and oxygen atoms in total. The molecular weight excluding hydrogens is 508 g/mol. The maximum atomic E-state index is 13.1. The summed E-state index contributed by atoms with van der Waals surface area (Å²) in [4.78, 5) is 41.7. The molecular formula is C28H25BrN2O4. The molecule has 35 heavy (non-hydrogen) atoms. The Labute approximate surface area is 211 Å². The Kier molecular flexibility index (Phi) is 7.77. The summed E-state index contributed by atoms with van der Waals surface area (Å²) in [5.74, 6) is -1.37. The predicted octanol–water partition coefficient (Wildman–Crippen LogP) is 5.26. The summed E-state index contributed by atoms with van der Waals surface area (Å²) in [6.45, 7) is 1.63. The van der Waals surface area contributed by atoms with Crippen LogP contribution in [0.5, 0.6) is 0 Å². The number of Topliss-reactive ketones (excluding diaryl/α,β-unsaturated/α-hetero) is 1. The van der Waals surface area contributed by atoms with Crippen molar-refractivity contribution in [2.24, 2.45) is 0 Å². The maximum Gasteiger partial charge on any atom is 0.329 e. The van der Waals surface area contributed by atoms with Gasteiger partial charge in [0.15, 0.2) is 12.4 Å². The van der Waals surface area contributed by atoms with E-state index < -0.39 is 18.6 Å². The highest BCUT2D eigenvalue weighted by Gasteiger charge is 2.25. The summed E-state index contributed by atoms with van der Waals surface area (Å²) < 4.78 is 6.21. The minimum Gasteiger partial charge on any atom is -0.456 e. The highest BCUT2D eigenvalue weighted by Crippen LogP contribution is 2.20. The average Bonchev–Trinajstić information content (AvgIpc) is 3.30. The first-order valence-corrected chi connectivity index (χ1v) is 12.1. The molecule has 0 aliphatic rings. The fourth-order valence-corrected chi connectivity index (χ4v) is 4.07. The van der Waals surface area contributed by atoms with Crippen molar-refractivity contribution >= 4 is 44.5 Å². The van der Waals surface area contributed by atoms with Gasteiger partial charge in [0.2, 0.25) is 0 Å². The zero-order chi connectivity index (χ0) is 24.8. The standard InChI is InChI=1S/C28H25BrN2O4/c1-2-18-7-9-20(10-8-18)27(33)31-25(15-21-16-30-24-6-4-3-5-23(21)24)28(34)35-17-26(32)19-11-13-22(29)14-12-19/h3-14,16,25,30H,2,15,17H2,1H3,(H,31,33)/t25-/m0/s1. The van der Waals surface area contributed by atoms with E-state index in [1.807, 2.05) is 49.5 Å². The molecule has 0 radical (unpaired) electrons. The lowest BCUT2D eigenvalue weighted by Crippen LogP contribution is -2.43. The molecule has 2 N–H and O–H groups in total. The lowest BCUT2D eigenvalue weighted by Gasteiger charge is -2.18. The predicted molar refractivity (Wildman–Crippen MR) is 139 cm³/mol. The fourth-order valence-electron chi connectivity index (χ4n) is 3.80. The SMILES string of the molecule is CCc1ccc(C(=O)N[C@@H](Cc2c[nH]c3ccccc23)C(=O)OCC(=O)c2ccc(Br)cc2)cc1. The molecule has 178 valence electrons. The zero-order valence-corrected chi connectivity index (χ0v) is 20.8. The normalized spacial score (nSPS) is 11.7. The van der Waals surface area contributed by atoms with Crippen LogP contribution in [-0.2, 0) is 22.4 Å². The van der Waals surface area contributed by atoms with E-state index in [0.717, 1.165) is 32.9 Å². The van der Waals surface area contributed by atoms with E-state index in [-0.39, 0.29) is 18.1 Å². The van der Waals surface area contributed by atoms with Crippen molar-refractivity contribution in [1.82, 2.24) is 10.3 Å². The summed E-state index contributed by atoms with van der Waals surface area (Å²) in [5.41, 5.74) is 3.80. The number of ketones is 1. The molecule has 0 fully saturated rings. The van der Waals surface area contributed by atoms with Gasteiger partial charge in [-0.3, -0.25) is 9.59 Å². The summed E-state index contributed by atoms with van der Waals surface area (Å²) in [5, 5.41) is 3.76. The number of nitrogens with one attached hydrogen (secondary N) is 2. The van der Waals surface area contributed by atoms with Crippen molar-refractivity contribution in [3.8, 4) is 0 Å². The number of hydrogen-bond acceptors (Lipinski definition) is 4. The number of aromatic amines is 1. The van der Waals surface area contributed by atoms with Gasteiger partial charge in [-0.25, -0.2) is 4.79 Å². The van der Waals surface area contributed by atoms with Gasteiger partial charge in [0.05, 0.1) is 0 Å². The molecule has 3 aromatic carbocycles. The van der Waals surface area contributed by atoms with Gasteiger partial charge in [-0.05, 0) is 47.9 Å². The quantitative estimate of drug-likeness (QED) is 0.227. The van der Waals surface area contributed by atoms with Gasteiger partial charge >= 0.3 is 5.97 Å². The molecule has 1 aromatic heterocycles. The molecule has 0 spiro atoms. The molecule has 1 heterocycles. The number of aromatic nitrogens is 1. The lowest BCUT2D eigenvalue weighted by molar-refractivity contribution is -0.144. The molecule has 0 saturated carbocycles. The van der Waals surface area contributed by atoms with E-state index in [1.54, 1.807) is 36.4 Å². The molecule has 0 saturated heterocycles. The number of aryl methyl sites for hydroxylation is 1. The Morgan fingerprint density at radius 2 is 1.63 bits per heavy atom. The second-order valence-electron chi connectivity index (χ2n) is 8.18. The second kappa shape index (κ2) is 11.1. The first-order valence-electron chi connectivity index (χ1n) is 11.3. The molecule has 1 atom stereocenters. The minimum atomic E-state index is -0.967. The van der Waals surface area contributed by atoms with E-state index in [9.17, 15) is 14.4 Å². The number of amides is 1.